The van der Waals surface area contributed by atoms with Gasteiger partial charge in [0.25, 0.3) is 0 Å². The lowest BCUT2D eigenvalue weighted by Gasteiger charge is -2.32. The van der Waals surface area contributed by atoms with Crippen molar-refractivity contribution in [3.05, 3.63) is 279 Å². The van der Waals surface area contributed by atoms with E-state index in [-0.39, 0.29) is 0 Å². The number of nitrogens with zero attached hydrogens (tertiary/aromatic N) is 2. The van der Waals surface area contributed by atoms with Gasteiger partial charge in [0.15, 0.2) is 0 Å². The van der Waals surface area contributed by atoms with Crippen molar-refractivity contribution in [2.24, 2.45) is 0 Å². The smallest absolute Gasteiger partial charge is 0.0546 e. The highest BCUT2D eigenvalue weighted by atomic mass is 15.1. The Labute approximate surface area is 397 Å². The van der Waals surface area contributed by atoms with E-state index in [1.54, 1.807) is 0 Å². The van der Waals surface area contributed by atoms with Gasteiger partial charge in [-0.05, 0) is 110 Å². The molecule has 0 spiro atoms. The SMILES string of the molecule is c1ccc(-c2ccc(-c3ccccc3N(c3cccc(-c4ccc5c(c4)c4ccccc4n5-c4ccccc4)c3)c3cccc(-c4ccccc4)c3-c3ccccc3-c3ccccc3)cc2)cc1. The van der Waals surface area contributed by atoms with E-state index < -0.39 is 0 Å². The molecule has 1 aromatic heterocycles. The molecule has 2 nitrogen and oxygen atoms in total. The molecule has 68 heavy (non-hydrogen) atoms. The van der Waals surface area contributed by atoms with Crippen LogP contribution in [-0.2, 0) is 0 Å². The first kappa shape index (κ1) is 40.5. The number of benzene rings is 11. The Hall–Kier alpha value is -8.98. The standard InChI is InChI=1S/C66H46N2/c1-5-21-47(22-6-1)48-39-41-51(42-40-48)57-32-15-17-36-62(57)68(65-38-20-35-58(50-25-9-3-10-26-50)66(65)60-34-14-13-31-56(60)49-23-7-2-8-24-49)55-30-19-27-52(45-55)53-43-44-64-61(46-53)59-33-16-18-37-63(59)67(64)54-28-11-4-12-29-54/h1-46H. The lowest BCUT2D eigenvalue weighted by atomic mass is 9.87. The van der Waals surface area contributed by atoms with E-state index in [4.69, 9.17) is 0 Å². The van der Waals surface area contributed by atoms with Crippen LogP contribution in [0, 0.1) is 0 Å². The minimum Gasteiger partial charge on any atom is -0.309 e. The molecule has 0 radical (unpaired) electrons. The van der Waals surface area contributed by atoms with E-state index in [1.807, 2.05) is 0 Å². The molecule has 0 saturated heterocycles. The molecule has 0 bridgehead atoms. The third-order valence-corrected chi connectivity index (χ3v) is 13.2. The topological polar surface area (TPSA) is 8.17 Å². The summed E-state index contributed by atoms with van der Waals surface area (Å²) in [5.74, 6) is 0. The first-order valence-electron chi connectivity index (χ1n) is 23.3. The summed E-state index contributed by atoms with van der Waals surface area (Å²) in [7, 11) is 0. The van der Waals surface area contributed by atoms with Gasteiger partial charge >= 0.3 is 0 Å². The number of rotatable bonds is 10. The molecule has 0 fully saturated rings. The lowest BCUT2D eigenvalue weighted by Crippen LogP contribution is -2.13. The Kier molecular flexibility index (Phi) is 10.6. The summed E-state index contributed by atoms with van der Waals surface area (Å²) in [6.07, 6.45) is 0. The molecule has 320 valence electrons. The second-order valence-corrected chi connectivity index (χ2v) is 17.2. The highest BCUT2D eigenvalue weighted by molar-refractivity contribution is 6.11. The van der Waals surface area contributed by atoms with Crippen molar-refractivity contribution < 1.29 is 0 Å². The monoisotopic (exact) mass is 866 g/mol. The molecule has 0 aliphatic rings. The fraction of sp³-hybridized carbons (Fsp3) is 0. The maximum Gasteiger partial charge on any atom is 0.0546 e. The van der Waals surface area contributed by atoms with Gasteiger partial charge in [-0.15, -0.1) is 0 Å². The van der Waals surface area contributed by atoms with Crippen LogP contribution >= 0.6 is 0 Å². The second kappa shape index (κ2) is 17.8. The number of hydrogen-bond donors (Lipinski definition) is 0. The number of hydrogen-bond acceptors (Lipinski definition) is 1. The Bertz CT molecular complexity index is 3710. The van der Waals surface area contributed by atoms with E-state index in [0.717, 1.165) is 61.7 Å². The molecule has 12 rings (SSSR count). The van der Waals surface area contributed by atoms with Gasteiger partial charge in [0.05, 0.1) is 22.4 Å². The Morgan fingerprint density at radius 3 is 1.44 bits per heavy atom. The van der Waals surface area contributed by atoms with E-state index >= 15 is 0 Å². The number of para-hydroxylation sites is 3. The van der Waals surface area contributed by atoms with Gasteiger partial charge in [0.1, 0.15) is 0 Å². The third kappa shape index (κ3) is 7.45. The Balaban J connectivity index is 1.09. The van der Waals surface area contributed by atoms with Gasteiger partial charge in [0, 0.05) is 33.3 Å². The summed E-state index contributed by atoms with van der Waals surface area (Å²) in [5, 5.41) is 2.46. The first-order chi connectivity index (χ1) is 33.8. The van der Waals surface area contributed by atoms with Gasteiger partial charge in [-0.1, -0.05) is 224 Å². The zero-order valence-electron chi connectivity index (χ0n) is 37.5. The second-order valence-electron chi connectivity index (χ2n) is 17.2. The zero-order chi connectivity index (χ0) is 45.2. The van der Waals surface area contributed by atoms with Crippen LogP contribution in [0.2, 0.25) is 0 Å². The molecule has 0 amide bonds. The highest BCUT2D eigenvalue weighted by Gasteiger charge is 2.25. The molecular weight excluding hydrogens is 821 g/mol. The summed E-state index contributed by atoms with van der Waals surface area (Å²) in [6, 6.07) is 101. The molecule has 2 heteroatoms. The summed E-state index contributed by atoms with van der Waals surface area (Å²) >= 11 is 0. The molecule has 0 unspecified atom stereocenters. The highest BCUT2D eigenvalue weighted by Crippen LogP contribution is 2.50. The van der Waals surface area contributed by atoms with Crippen LogP contribution < -0.4 is 4.90 Å². The first-order valence-corrected chi connectivity index (χ1v) is 23.3. The van der Waals surface area contributed by atoms with Crippen molar-refractivity contribution in [2.45, 2.75) is 0 Å². The fourth-order valence-corrected chi connectivity index (χ4v) is 10.1. The average Bonchev–Trinajstić information content (AvgIpc) is 3.76. The van der Waals surface area contributed by atoms with Crippen molar-refractivity contribution in [3.8, 4) is 72.4 Å². The maximum atomic E-state index is 2.49. The van der Waals surface area contributed by atoms with Gasteiger partial charge in [-0.3, -0.25) is 0 Å². The average molecular weight is 867 g/mol. The molecule has 1 heterocycles. The molecule has 0 aliphatic carbocycles. The van der Waals surface area contributed by atoms with Gasteiger partial charge < -0.3 is 9.47 Å². The molecule has 0 N–H and O–H groups in total. The van der Waals surface area contributed by atoms with E-state index in [9.17, 15) is 0 Å². The zero-order valence-corrected chi connectivity index (χ0v) is 37.5. The normalized spacial score (nSPS) is 11.2. The van der Waals surface area contributed by atoms with Crippen molar-refractivity contribution in [1.29, 1.82) is 0 Å². The number of aromatic nitrogens is 1. The van der Waals surface area contributed by atoms with E-state index in [0.29, 0.717) is 0 Å². The summed E-state index contributed by atoms with van der Waals surface area (Å²) < 4.78 is 2.38. The van der Waals surface area contributed by atoms with Gasteiger partial charge in [-0.25, -0.2) is 0 Å². The van der Waals surface area contributed by atoms with Gasteiger partial charge in [0.2, 0.25) is 0 Å². The van der Waals surface area contributed by atoms with Crippen LogP contribution in [0.5, 0.6) is 0 Å². The molecule has 0 aliphatic heterocycles. The van der Waals surface area contributed by atoms with Crippen molar-refractivity contribution in [1.82, 2.24) is 4.57 Å². The van der Waals surface area contributed by atoms with Crippen LogP contribution in [0.1, 0.15) is 0 Å². The van der Waals surface area contributed by atoms with Crippen molar-refractivity contribution in [2.75, 3.05) is 4.90 Å². The summed E-state index contributed by atoms with van der Waals surface area (Å²) in [5.41, 5.74) is 20.7. The Morgan fingerprint density at radius 1 is 0.250 bits per heavy atom. The summed E-state index contributed by atoms with van der Waals surface area (Å²) in [6.45, 7) is 0. The molecule has 0 atom stereocenters. The minimum atomic E-state index is 1.06. The largest absolute Gasteiger partial charge is 0.309 e. The number of anilines is 3. The van der Waals surface area contributed by atoms with Crippen LogP contribution in [0.25, 0.3) is 94.3 Å². The Morgan fingerprint density at radius 2 is 0.706 bits per heavy atom. The predicted octanol–water partition coefficient (Wildman–Crippen LogP) is 18.3. The molecule has 0 saturated carbocycles. The van der Waals surface area contributed by atoms with Crippen molar-refractivity contribution in [3.63, 3.8) is 0 Å². The fourth-order valence-electron chi connectivity index (χ4n) is 10.1. The van der Waals surface area contributed by atoms with E-state index in [2.05, 4.69) is 289 Å². The van der Waals surface area contributed by atoms with Crippen molar-refractivity contribution >= 4 is 38.9 Å². The van der Waals surface area contributed by atoms with E-state index in [1.165, 1.54) is 49.6 Å². The third-order valence-electron chi connectivity index (χ3n) is 13.2. The molecular formula is C66H46N2. The van der Waals surface area contributed by atoms with Gasteiger partial charge in [-0.2, -0.15) is 0 Å². The molecule has 12 aromatic rings. The predicted molar refractivity (Wildman–Crippen MR) is 288 cm³/mol. The van der Waals surface area contributed by atoms with Crippen LogP contribution in [0.3, 0.4) is 0 Å². The number of fused-ring (bicyclic) bond motifs is 3. The van der Waals surface area contributed by atoms with Crippen LogP contribution in [0.4, 0.5) is 17.1 Å². The van der Waals surface area contributed by atoms with Crippen LogP contribution in [-0.4, -0.2) is 4.57 Å². The minimum absolute atomic E-state index is 1.06. The van der Waals surface area contributed by atoms with Crippen LogP contribution in [0.15, 0.2) is 279 Å². The quantitative estimate of drug-likeness (QED) is 0.133. The maximum absolute atomic E-state index is 2.49. The summed E-state index contributed by atoms with van der Waals surface area (Å²) in [4.78, 5) is 2.49. The molecule has 11 aromatic carbocycles. The lowest BCUT2D eigenvalue weighted by molar-refractivity contribution is 1.18.